The maximum atomic E-state index is 13.9. The highest BCUT2D eigenvalue weighted by Crippen LogP contribution is 2.30. The number of halogens is 3. The smallest absolute Gasteiger partial charge is 0.337 e. The molecule has 6 nitrogen and oxygen atoms in total. The van der Waals surface area contributed by atoms with Crippen molar-refractivity contribution >= 4 is 33.5 Å². The van der Waals surface area contributed by atoms with E-state index in [9.17, 15) is 18.4 Å². The monoisotopic (exact) mass is 390 g/mol. The first-order chi connectivity index (χ1) is 10.9. The van der Waals surface area contributed by atoms with Gasteiger partial charge in [0.1, 0.15) is 11.5 Å². The number of hydrogen-bond acceptors (Lipinski definition) is 5. The average Bonchev–Trinajstić information content (AvgIpc) is 2.79. The second-order valence-electron chi connectivity index (χ2n) is 4.66. The minimum Gasteiger partial charge on any atom is -0.466 e. The lowest BCUT2D eigenvalue weighted by Crippen LogP contribution is -2.31. The van der Waals surface area contributed by atoms with E-state index in [0.717, 1.165) is 13.2 Å². The minimum atomic E-state index is -0.929. The van der Waals surface area contributed by atoms with Gasteiger partial charge in [-0.2, -0.15) is 0 Å². The third-order valence-electron chi connectivity index (χ3n) is 3.21. The average molecular weight is 391 g/mol. The lowest BCUT2D eigenvalue weighted by molar-refractivity contribution is -0.136. The highest BCUT2D eigenvalue weighted by atomic mass is 79.9. The molecule has 1 aliphatic rings. The van der Waals surface area contributed by atoms with E-state index in [-0.39, 0.29) is 41.1 Å². The fourth-order valence-corrected chi connectivity index (χ4v) is 2.64. The summed E-state index contributed by atoms with van der Waals surface area (Å²) < 4.78 is 31.7. The van der Waals surface area contributed by atoms with E-state index in [1.54, 1.807) is 0 Å². The maximum absolute atomic E-state index is 13.9. The first-order valence-corrected chi connectivity index (χ1v) is 7.31. The van der Waals surface area contributed by atoms with Gasteiger partial charge in [-0.05, 0) is 22.0 Å². The molecule has 0 aromatic heterocycles. The molecule has 23 heavy (non-hydrogen) atoms. The van der Waals surface area contributed by atoms with Crippen molar-refractivity contribution < 1.29 is 28.2 Å². The molecule has 2 N–H and O–H groups in total. The topological polar surface area (TPSA) is 78.9 Å². The fourth-order valence-electron chi connectivity index (χ4n) is 2.14. The van der Waals surface area contributed by atoms with Crippen molar-refractivity contribution in [2.24, 2.45) is 0 Å². The molecule has 124 valence electrons. The lowest BCUT2D eigenvalue weighted by atomic mass is 10.2. The van der Waals surface area contributed by atoms with Crippen molar-refractivity contribution in [2.75, 3.05) is 32.1 Å². The lowest BCUT2D eigenvalue weighted by Gasteiger charge is -2.15. The Kier molecular flexibility index (Phi) is 5.32. The number of amides is 1. The molecule has 2 rings (SSSR count). The zero-order chi connectivity index (χ0) is 17.1. The third kappa shape index (κ3) is 3.50. The number of carbonyl (C=O) groups is 2. The molecular weight excluding hydrogens is 378 g/mol. The van der Waals surface area contributed by atoms with Gasteiger partial charge in [-0.15, -0.1) is 0 Å². The van der Waals surface area contributed by atoms with Crippen LogP contribution in [0.4, 0.5) is 14.5 Å². The fraction of sp³-hybridized carbons (Fsp3) is 0.286. The second-order valence-corrected chi connectivity index (χ2v) is 5.52. The molecule has 0 fully saturated rings. The van der Waals surface area contributed by atoms with Crippen molar-refractivity contribution in [1.29, 1.82) is 0 Å². The van der Waals surface area contributed by atoms with E-state index in [0.29, 0.717) is 6.07 Å². The molecule has 0 unspecified atom stereocenters. The van der Waals surface area contributed by atoms with Crippen LogP contribution in [0.5, 0.6) is 0 Å². The van der Waals surface area contributed by atoms with E-state index >= 15 is 0 Å². The van der Waals surface area contributed by atoms with E-state index in [1.807, 2.05) is 0 Å². The number of hydrogen-bond donors (Lipinski definition) is 2. The normalized spacial score (nSPS) is 14.5. The van der Waals surface area contributed by atoms with Gasteiger partial charge in [-0.3, -0.25) is 4.79 Å². The molecule has 0 saturated heterocycles. The molecule has 0 bridgehead atoms. The molecule has 1 heterocycles. The second kappa shape index (κ2) is 7.05. The van der Waals surface area contributed by atoms with Crippen LogP contribution in [0.1, 0.15) is 0 Å². The van der Waals surface area contributed by atoms with Crippen molar-refractivity contribution in [3.05, 3.63) is 39.5 Å². The number of nitrogens with one attached hydrogen (secondary N) is 1. The maximum Gasteiger partial charge on any atom is 0.337 e. The molecular formula is C14H13BrF2N2O4. The van der Waals surface area contributed by atoms with Crippen molar-refractivity contribution in [3.63, 3.8) is 0 Å². The standard InChI is InChI=1S/C14H13BrF2N2O4/c1-23-14(22)8-6-19(2-3-20)13(21)11(8)18-12-9(15)4-7(16)5-10(12)17/h4-5,18,20H,2-3,6H2,1H3. The molecule has 0 atom stereocenters. The van der Waals surface area contributed by atoms with E-state index in [1.165, 1.54) is 4.90 Å². The molecule has 9 heteroatoms. The van der Waals surface area contributed by atoms with Gasteiger partial charge >= 0.3 is 5.97 Å². The summed E-state index contributed by atoms with van der Waals surface area (Å²) in [5.41, 5.74) is -0.347. The molecule has 1 aliphatic heterocycles. The first kappa shape index (κ1) is 17.4. The largest absolute Gasteiger partial charge is 0.466 e. The number of esters is 1. The van der Waals surface area contributed by atoms with Crippen LogP contribution in [0.15, 0.2) is 27.9 Å². The SMILES string of the molecule is COC(=O)C1=C(Nc2c(F)cc(F)cc2Br)C(=O)N(CCO)C1. The van der Waals surface area contributed by atoms with Gasteiger partial charge < -0.3 is 20.1 Å². The molecule has 0 saturated carbocycles. The highest BCUT2D eigenvalue weighted by molar-refractivity contribution is 9.10. The first-order valence-electron chi connectivity index (χ1n) is 6.52. The van der Waals surface area contributed by atoms with Gasteiger partial charge in [0.05, 0.1) is 31.5 Å². The van der Waals surface area contributed by atoms with Crippen LogP contribution in [-0.4, -0.2) is 48.7 Å². The number of nitrogens with zero attached hydrogens (tertiary/aromatic N) is 1. The molecule has 1 amide bonds. The number of aliphatic hydroxyl groups is 1. The molecule has 1 aromatic carbocycles. The van der Waals surface area contributed by atoms with Gasteiger partial charge in [-0.25, -0.2) is 13.6 Å². The number of β-amino-alcohol motifs (C(OH)–C–C–N with tert-alkyl or cyclic N) is 1. The molecule has 0 spiro atoms. The Morgan fingerprint density at radius 1 is 1.48 bits per heavy atom. The Morgan fingerprint density at radius 3 is 2.74 bits per heavy atom. The number of anilines is 1. The summed E-state index contributed by atoms with van der Waals surface area (Å²) in [7, 11) is 1.15. The Balaban J connectivity index is 2.41. The van der Waals surface area contributed by atoms with Crippen LogP contribution in [-0.2, 0) is 14.3 Å². The Morgan fingerprint density at radius 2 is 2.17 bits per heavy atom. The predicted octanol–water partition coefficient (Wildman–Crippen LogP) is 1.40. The third-order valence-corrected chi connectivity index (χ3v) is 3.84. The van der Waals surface area contributed by atoms with E-state index in [4.69, 9.17) is 5.11 Å². The number of carbonyl (C=O) groups excluding carboxylic acids is 2. The highest BCUT2D eigenvalue weighted by Gasteiger charge is 2.35. The van der Waals surface area contributed by atoms with Gasteiger partial charge in [0, 0.05) is 17.1 Å². The van der Waals surface area contributed by atoms with Crippen molar-refractivity contribution in [3.8, 4) is 0 Å². The van der Waals surface area contributed by atoms with Crippen LogP contribution < -0.4 is 5.32 Å². The van der Waals surface area contributed by atoms with E-state index < -0.39 is 23.5 Å². The van der Waals surface area contributed by atoms with Gasteiger partial charge in [0.2, 0.25) is 0 Å². The number of methoxy groups -OCH3 is 1. The summed E-state index contributed by atoms with van der Waals surface area (Å²) in [5, 5.41) is 11.5. The Bertz CT molecular complexity index is 670. The van der Waals surface area contributed by atoms with Crippen molar-refractivity contribution in [1.82, 2.24) is 4.90 Å². The zero-order valence-electron chi connectivity index (χ0n) is 12.0. The van der Waals surface area contributed by atoms with Gasteiger partial charge in [0.25, 0.3) is 5.91 Å². The van der Waals surface area contributed by atoms with Crippen LogP contribution in [0.3, 0.4) is 0 Å². The number of rotatable bonds is 5. The summed E-state index contributed by atoms with van der Waals surface area (Å²) >= 11 is 3.00. The van der Waals surface area contributed by atoms with Crippen LogP contribution in [0, 0.1) is 11.6 Å². The summed E-state index contributed by atoms with van der Waals surface area (Å²) in [5.74, 6) is -3.06. The Hall–Kier alpha value is -2.00. The minimum absolute atomic E-state index is 0.00146. The van der Waals surface area contributed by atoms with Crippen molar-refractivity contribution in [2.45, 2.75) is 0 Å². The number of ether oxygens (including phenoxy) is 1. The van der Waals surface area contributed by atoms with Gasteiger partial charge in [0.15, 0.2) is 5.82 Å². The zero-order valence-corrected chi connectivity index (χ0v) is 13.6. The summed E-state index contributed by atoms with van der Waals surface area (Å²) in [6.45, 7) is -0.353. The molecule has 0 radical (unpaired) electrons. The quantitative estimate of drug-likeness (QED) is 0.743. The van der Waals surface area contributed by atoms with E-state index in [2.05, 4.69) is 26.0 Å². The summed E-state index contributed by atoms with van der Waals surface area (Å²) in [6.07, 6.45) is 0. The summed E-state index contributed by atoms with van der Waals surface area (Å²) in [4.78, 5) is 25.3. The predicted molar refractivity (Wildman–Crippen MR) is 80.4 cm³/mol. The molecule has 1 aromatic rings. The van der Waals surface area contributed by atoms with Crippen LogP contribution >= 0.6 is 15.9 Å². The number of benzene rings is 1. The summed E-state index contributed by atoms with van der Waals surface area (Å²) in [6, 6.07) is 1.67. The molecule has 0 aliphatic carbocycles. The van der Waals surface area contributed by atoms with Crippen LogP contribution in [0.25, 0.3) is 0 Å². The Labute approximate surface area is 138 Å². The van der Waals surface area contributed by atoms with Crippen LogP contribution in [0.2, 0.25) is 0 Å². The van der Waals surface area contributed by atoms with Gasteiger partial charge in [-0.1, -0.05) is 0 Å². The number of aliphatic hydroxyl groups excluding tert-OH is 1.